The summed E-state index contributed by atoms with van der Waals surface area (Å²) in [6.07, 6.45) is 5.27. The Bertz CT molecular complexity index is 281. The lowest BCUT2D eigenvalue weighted by Crippen LogP contribution is -2.27. The molecule has 0 aromatic carbocycles. The molecule has 1 aliphatic rings. The van der Waals surface area contributed by atoms with E-state index < -0.39 is 5.60 Å². The molecule has 1 heterocycles. The monoisotopic (exact) mass is 210 g/mol. The summed E-state index contributed by atoms with van der Waals surface area (Å²) in [5.41, 5.74) is -0.397. The Morgan fingerprint density at radius 3 is 3.07 bits per heavy atom. The molecule has 0 spiro atoms. The van der Waals surface area contributed by atoms with Gasteiger partial charge in [-0.2, -0.15) is 0 Å². The summed E-state index contributed by atoms with van der Waals surface area (Å²) in [4.78, 5) is 1.32. The van der Waals surface area contributed by atoms with Crippen molar-refractivity contribution in [1.82, 2.24) is 0 Å². The fourth-order valence-corrected chi connectivity index (χ4v) is 3.30. The molecule has 2 unspecified atom stereocenters. The molecule has 2 heteroatoms. The van der Waals surface area contributed by atoms with Crippen LogP contribution in [0.4, 0.5) is 0 Å². The first-order chi connectivity index (χ1) is 6.72. The standard InChI is InChI=1S/C12H18OS/c1-2-10-5-6-12(13,8-10)9-11-4-3-7-14-11/h3-4,7,10,13H,2,5-6,8-9H2,1H3. The second kappa shape index (κ2) is 4.03. The van der Waals surface area contributed by atoms with Gasteiger partial charge in [0.15, 0.2) is 0 Å². The molecule has 1 nitrogen and oxygen atoms in total. The van der Waals surface area contributed by atoms with Crippen molar-refractivity contribution in [3.05, 3.63) is 22.4 Å². The Morgan fingerprint density at radius 1 is 1.64 bits per heavy atom. The van der Waals surface area contributed by atoms with Gasteiger partial charge in [-0.3, -0.25) is 0 Å². The van der Waals surface area contributed by atoms with Gasteiger partial charge in [0.05, 0.1) is 5.60 Å². The molecular formula is C12H18OS. The zero-order valence-corrected chi connectivity index (χ0v) is 9.52. The number of thiophene rings is 1. The third kappa shape index (κ3) is 2.18. The first-order valence-corrected chi connectivity index (χ1v) is 6.34. The van der Waals surface area contributed by atoms with Crippen molar-refractivity contribution in [2.45, 2.75) is 44.6 Å². The van der Waals surface area contributed by atoms with Gasteiger partial charge in [0.2, 0.25) is 0 Å². The van der Waals surface area contributed by atoms with E-state index in [2.05, 4.69) is 24.4 Å². The molecular weight excluding hydrogens is 192 g/mol. The van der Waals surface area contributed by atoms with Gasteiger partial charge in [0.25, 0.3) is 0 Å². The van der Waals surface area contributed by atoms with Crippen LogP contribution in [0.5, 0.6) is 0 Å². The Balaban J connectivity index is 1.97. The van der Waals surface area contributed by atoms with Crippen LogP contribution in [0.3, 0.4) is 0 Å². The molecule has 1 aromatic heterocycles. The lowest BCUT2D eigenvalue weighted by molar-refractivity contribution is 0.0445. The van der Waals surface area contributed by atoms with Crippen molar-refractivity contribution in [3.8, 4) is 0 Å². The topological polar surface area (TPSA) is 20.2 Å². The summed E-state index contributed by atoms with van der Waals surface area (Å²) < 4.78 is 0. The number of hydrogen-bond donors (Lipinski definition) is 1. The molecule has 0 aliphatic heterocycles. The second-order valence-corrected chi connectivity index (χ2v) is 5.53. The van der Waals surface area contributed by atoms with Crippen LogP contribution in [0.2, 0.25) is 0 Å². The van der Waals surface area contributed by atoms with E-state index >= 15 is 0 Å². The largest absolute Gasteiger partial charge is 0.390 e. The molecule has 1 aliphatic carbocycles. The maximum atomic E-state index is 10.4. The van der Waals surface area contributed by atoms with Gasteiger partial charge in [-0.25, -0.2) is 0 Å². The van der Waals surface area contributed by atoms with Crippen LogP contribution in [-0.2, 0) is 6.42 Å². The van der Waals surface area contributed by atoms with Gasteiger partial charge < -0.3 is 5.11 Å². The Labute approximate surface area is 89.8 Å². The van der Waals surface area contributed by atoms with Crippen LogP contribution in [0.1, 0.15) is 37.5 Å². The molecule has 0 bridgehead atoms. The minimum Gasteiger partial charge on any atom is -0.390 e. The molecule has 0 radical (unpaired) electrons. The summed E-state index contributed by atoms with van der Waals surface area (Å²) in [7, 11) is 0. The fraction of sp³-hybridized carbons (Fsp3) is 0.667. The zero-order chi connectivity index (χ0) is 10.0. The fourth-order valence-electron chi connectivity index (χ4n) is 2.46. The van der Waals surface area contributed by atoms with Gasteiger partial charge in [0.1, 0.15) is 0 Å². The average molecular weight is 210 g/mol. The number of aliphatic hydroxyl groups is 1. The van der Waals surface area contributed by atoms with Crippen molar-refractivity contribution in [3.63, 3.8) is 0 Å². The van der Waals surface area contributed by atoms with Crippen LogP contribution in [0.25, 0.3) is 0 Å². The van der Waals surface area contributed by atoms with E-state index in [4.69, 9.17) is 0 Å². The lowest BCUT2D eigenvalue weighted by Gasteiger charge is -2.21. The van der Waals surface area contributed by atoms with Gasteiger partial charge in [-0.05, 0) is 36.6 Å². The quantitative estimate of drug-likeness (QED) is 0.812. The van der Waals surface area contributed by atoms with Crippen molar-refractivity contribution >= 4 is 11.3 Å². The predicted molar refractivity (Wildman–Crippen MR) is 60.6 cm³/mol. The summed E-state index contributed by atoms with van der Waals surface area (Å²) in [6, 6.07) is 4.19. The summed E-state index contributed by atoms with van der Waals surface area (Å²) in [5, 5.41) is 12.5. The maximum Gasteiger partial charge on any atom is 0.0698 e. The van der Waals surface area contributed by atoms with Crippen LogP contribution in [-0.4, -0.2) is 10.7 Å². The molecule has 78 valence electrons. The van der Waals surface area contributed by atoms with Gasteiger partial charge in [0, 0.05) is 11.3 Å². The Kier molecular flexibility index (Phi) is 2.93. The molecule has 2 rings (SSSR count). The highest BCUT2D eigenvalue weighted by Crippen LogP contribution is 2.38. The highest BCUT2D eigenvalue weighted by molar-refractivity contribution is 7.09. The Morgan fingerprint density at radius 2 is 2.50 bits per heavy atom. The van der Waals surface area contributed by atoms with Crippen molar-refractivity contribution in [2.75, 3.05) is 0 Å². The zero-order valence-electron chi connectivity index (χ0n) is 8.70. The average Bonchev–Trinajstić information content (AvgIpc) is 2.76. The molecule has 0 saturated heterocycles. The minimum atomic E-state index is -0.397. The summed E-state index contributed by atoms with van der Waals surface area (Å²) in [5.74, 6) is 0.750. The summed E-state index contributed by atoms with van der Waals surface area (Å²) in [6.45, 7) is 2.22. The van der Waals surface area contributed by atoms with Crippen LogP contribution in [0, 0.1) is 5.92 Å². The van der Waals surface area contributed by atoms with Crippen LogP contribution >= 0.6 is 11.3 Å². The third-order valence-electron chi connectivity index (χ3n) is 3.35. The predicted octanol–water partition coefficient (Wildman–Crippen LogP) is 3.23. The normalized spacial score (nSPS) is 32.3. The Hall–Kier alpha value is -0.340. The number of rotatable bonds is 3. The first kappa shape index (κ1) is 10.2. The van der Waals surface area contributed by atoms with E-state index in [0.29, 0.717) is 0 Å². The van der Waals surface area contributed by atoms with Crippen molar-refractivity contribution in [1.29, 1.82) is 0 Å². The second-order valence-electron chi connectivity index (χ2n) is 4.50. The van der Waals surface area contributed by atoms with Gasteiger partial charge in [-0.1, -0.05) is 19.4 Å². The number of hydrogen-bond acceptors (Lipinski definition) is 2. The first-order valence-electron chi connectivity index (χ1n) is 5.46. The van der Waals surface area contributed by atoms with Gasteiger partial charge in [-0.15, -0.1) is 11.3 Å². The van der Waals surface area contributed by atoms with E-state index in [-0.39, 0.29) is 0 Å². The van der Waals surface area contributed by atoms with Crippen molar-refractivity contribution < 1.29 is 5.11 Å². The third-order valence-corrected chi connectivity index (χ3v) is 4.22. The van der Waals surface area contributed by atoms with Crippen molar-refractivity contribution in [2.24, 2.45) is 5.92 Å². The highest BCUT2D eigenvalue weighted by Gasteiger charge is 2.36. The van der Waals surface area contributed by atoms with E-state index in [1.807, 2.05) is 0 Å². The molecule has 0 amide bonds. The lowest BCUT2D eigenvalue weighted by atomic mass is 9.95. The van der Waals surface area contributed by atoms with E-state index in [9.17, 15) is 5.11 Å². The molecule has 2 atom stereocenters. The van der Waals surface area contributed by atoms with Crippen LogP contribution < -0.4 is 0 Å². The van der Waals surface area contributed by atoms with E-state index in [1.54, 1.807) is 11.3 Å². The molecule has 14 heavy (non-hydrogen) atoms. The van der Waals surface area contributed by atoms with Gasteiger partial charge >= 0.3 is 0 Å². The summed E-state index contributed by atoms with van der Waals surface area (Å²) >= 11 is 1.76. The van der Waals surface area contributed by atoms with E-state index in [1.165, 1.54) is 17.7 Å². The SMILES string of the molecule is CCC1CCC(O)(Cc2cccs2)C1. The maximum absolute atomic E-state index is 10.4. The van der Waals surface area contributed by atoms with E-state index in [0.717, 1.165) is 25.2 Å². The highest BCUT2D eigenvalue weighted by atomic mass is 32.1. The molecule has 1 fully saturated rings. The molecule has 1 N–H and O–H groups in total. The smallest absolute Gasteiger partial charge is 0.0698 e. The van der Waals surface area contributed by atoms with Crippen LogP contribution in [0.15, 0.2) is 17.5 Å². The molecule has 1 aromatic rings. The minimum absolute atomic E-state index is 0.397. The molecule has 1 saturated carbocycles.